The van der Waals surface area contributed by atoms with Gasteiger partial charge in [-0.2, -0.15) is 4.31 Å². The molecule has 1 amide bonds. The lowest BCUT2D eigenvalue weighted by Crippen LogP contribution is -2.54. The van der Waals surface area contributed by atoms with E-state index in [0.29, 0.717) is 12.4 Å². The fourth-order valence-electron chi connectivity index (χ4n) is 3.49. The van der Waals surface area contributed by atoms with Gasteiger partial charge in [0.05, 0.1) is 11.0 Å². The number of nitrogens with one attached hydrogen (secondary N) is 1. The predicted octanol–water partition coefficient (Wildman–Crippen LogP) is 1.90. The number of carbonyl (C=O) groups is 1. The van der Waals surface area contributed by atoms with Crippen molar-refractivity contribution in [3.05, 3.63) is 59.2 Å². The minimum Gasteiger partial charge on any atom is -0.489 e. The van der Waals surface area contributed by atoms with Crippen molar-refractivity contribution in [2.24, 2.45) is 0 Å². The molecule has 0 radical (unpaired) electrons. The number of amides is 1. The molecule has 1 saturated heterocycles. The maximum Gasteiger partial charge on any atom is 0.261 e. The second kappa shape index (κ2) is 9.13. The van der Waals surface area contributed by atoms with Crippen LogP contribution in [0.1, 0.15) is 29.5 Å². The molecule has 0 bridgehead atoms. The van der Waals surface area contributed by atoms with Gasteiger partial charge in [0.2, 0.25) is 10.0 Å². The van der Waals surface area contributed by atoms with Crippen molar-refractivity contribution in [2.45, 2.75) is 50.3 Å². The molecule has 1 heterocycles. The lowest BCUT2D eigenvalue weighted by molar-refractivity contribution is -0.135. The van der Waals surface area contributed by atoms with Gasteiger partial charge in [-0.1, -0.05) is 23.8 Å². The highest BCUT2D eigenvalue weighted by molar-refractivity contribution is 7.89. The Morgan fingerprint density at radius 1 is 1.20 bits per heavy atom. The Bertz CT molecular complexity index is 1010. The average Bonchev–Trinajstić information content (AvgIpc) is 2.73. The van der Waals surface area contributed by atoms with E-state index in [0.717, 1.165) is 21.0 Å². The molecule has 0 saturated carbocycles. The summed E-state index contributed by atoms with van der Waals surface area (Å²) in [4.78, 5) is 11.9. The van der Waals surface area contributed by atoms with E-state index in [9.17, 15) is 18.3 Å². The van der Waals surface area contributed by atoms with E-state index in [4.69, 9.17) is 9.94 Å². The first-order valence-electron chi connectivity index (χ1n) is 9.65. The van der Waals surface area contributed by atoms with E-state index in [1.807, 2.05) is 32.0 Å². The van der Waals surface area contributed by atoms with E-state index < -0.39 is 28.1 Å². The van der Waals surface area contributed by atoms with Crippen molar-refractivity contribution < 1.29 is 28.3 Å². The van der Waals surface area contributed by atoms with E-state index in [1.54, 1.807) is 12.1 Å². The number of aliphatic hydroxyl groups excluding tert-OH is 1. The van der Waals surface area contributed by atoms with Crippen LogP contribution in [0.3, 0.4) is 0 Å². The molecule has 3 rings (SSSR count). The van der Waals surface area contributed by atoms with Gasteiger partial charge in [-0.25, -0.2) is 13.9 Å². The summed E-state index contributed by atoms with van der Waals surface area (Å²) in [6.07, 6.45) is -0.673. The third-order valence-corrected chi connectivity index (χ3v) is 7.19. The summed E-state index contributed by atoms with van der Waals surface area (Å²) in [6, 6.07) is 10.9. The Kier molecular flexibility index (Phi) is 6.77. The van der Waals surface area contributed by atoms with E-state index in [-0.39, 0.29) is 24.3 Å². The lowest BCUT2D eigenvalue weighted by atomic mass is 10.0. The number of benzene rings is 2. The second-order valence-corrected chi connectivity index (χ2v) is 9.37. The van der Waals surface area contributed by atoms with Crippen molar-refractivity contribution in [3.8, 4) is 5.75 Å². The molecule has 0 aliphatic carbocycles. The first kappa shape index (κ1) is 22.2. The first-order chi connectivity index (χ1) is 14.2. The van der Waals surface area contributed by atoms with Crippen molar-refractivity contribution in [3.63, 3.8) is 0 Å². The summed E-state index contributed by atoms with van der Waals surface area (Å²) in [5, 5.41) is 18.7. The lowest BCUT2D eigenvalue weighted by Gasteiger charge is -2.35. The summed E-state index contributed by atoms with van der Waals surface area (Å²) in [7, 11) is -3.99. The van der Waals surface area contributed by atoms with E-state index in [1.165, 1.54) is 17.6 Å². The molecule has 2 atom stereocenters. The molecule has 3 N–H and O–H groups in total. The smallest absolute Gasteiger partial charge is 0.261 e. The number of hydroxylamine groups is 1. The minimum absolute atomic E-state index is 0.00807. The van der Waals surface area contributed by atoms with Crippen LogP contribution in [0.4, 0.5) is 0 Å². The maximum atomic E-state index is 13.0. The molecule has 1 aliphatic heterocycles. The van der Waals surface area contributed by atoms with Crippen LogP contribution in [0.5, 0.6) is 5.75 Å². The number of ether oxygens (including phenoxy) is 1. The van der Waals surface area contributed by atoms with Gasteiger partial charge in [-0.15, -0.1) is 0 Å². The third kappa shape index (κ3) is 4.81. The molecule has 162 valence electrons. The number of hydrogen-bond donors (Lipinski definition) is 3. The van der Waals surface area contributed by atoms with Gasteiger partial charge in [-0.05, 0) is 62.1 Å². The van der Waals surface area contributed by atoms with E-state index >= 15 is 0 Å². The monoisotopic (exact) mass is 434 g/mol. The van der Waals surface area contributed by atoms with Crippen molar-refractivity contribution in [2.75, 3.05) is 6.54 Å². The predicted molar refractivity (Wildman–Crippen MR) is 110 cm³/mol. The van der Waals surface area contributed by atoms with Crippen LogP contribution in [-0.4, -0.2) is 47.6 Å². The zero-order chi connectivity index (χ0) is 21.9. The number of aryl methyl sites for hydroxylation is 2. The zero-order valence-corrected chi connectivity index (χ0v) is 17.7. The summed E-state index contributed by atoms with van der Waals surface area (Å²) < 4.78 is 32.9. The van der Waals surface area contributed by atoms with Gasteiger partial charge < -0.3 is 9.84 Å². The fourth-order valence-corrected chi connectivity index (χ4v) is 5.10. The van der Waals surface area contributed by atoms with Crippen LogP contribution in [0.15, 0.2) is 47.4 Å². The number of piperidine rings is 1. The van der Waals surface area contributed by atoms with Gasteiger partial charge in [0.25, 0.3) is 5.91 Å². The fraction of sp³-hybridized carbons (Fsp3) is 0.381. The molecule has 2 unspecified atom stereocenters. The molecule has 0 spiro atoms. The van der Waals surface area contributed by atoms with Crippen LogP contribution in [-0.2, 0) is 21.4 Å². The quantitative estimate of drug-likeness (QED) is 0.472. The van der Waals surface area contributed by atoms with Gasteiger partial charge in [0, 0.05) is 6.54 Å². The SMILES string of the molecule is Cc1ccc(C)c(COc2ccc(S(=O)(=O)N3CCC(O)CC3C(=O)NO)cc2)c1. The van der Waals surface area contributed by atoms with E-state index in [2.05, 4.69) is 0 Å². The van der Waals surface area contributed by atoms with Gasteiger partial charge in [-0.3, -0.25) is 10.0 Å². The average molecular weight is 435 g/mol. The number of aliphatic hydroxyl groups is 1. The molecule has 9 heteroatoms. The van der Waals surface area contributed by atoms with Crippen molar-refractivity contribution in [1.82, 2.24) is 9.79 Å². The highest BCUT2D eigenvalue weighted by Gasteiger charge is 2.40. The Hall–Kier alpha value is -2.46. The molecular weight excluding hydrogens is 408 g/mol. The topological polar surface area (TPSA) is 116 Å². The molecule has 0 aromatic heterocycles. The van der Waals surface area contributed by atoms with Crippen LogP contribution >= 0.6 is 0 Å². The van der Waals surface area contributed by atoms with Crippen molar-refractivity contribution >= 4 is 15.9 Å². The third-order valence-electron chi connectivity index (χ3n) is 5.27. The number of carbonyl (C=O) groups excluding carboxylic acids is 1. The van der Waals surface area contributed by atoms with Crippen LogP contribution in [0.2, 0.25) is 0 Å². The van der Waals surface area contributed by atoms with Crippen LogP contribution < -0.4 is 10.2 Å². The number of nitrogens with zero attached hydrogens (tertiary/aromatic N) is 1. The summed E-state index contributed by atoms with van der Waals surface area (Å²) in [5.41, 5.74) is 4.78. The maximum absolute atomic E-state index is 13.0. The molecule has 8 nitrogen and oxygen atoms in total. The highest BCUT2D eigenvalue weighted by atomic mass is 32.2. The number of sulfonamides is 1. The van der Waals surface area contributed by atoms with Gasteiger partial charge in [0.1, 0.15) is 18.4 Å². The molecule has 2 aromatic rings. The Morgan fingerprint density at radius 2 is 1.90 bits per heavy atom. The largest absolute Gasteiger partial charge is 0.489 e. The molecule has 2 aromatic carbocycles. The summed E-state index contributed by atoms with van der Waals surface area (Å²) in [5.74, 6) is -0.348. The zero-order valence-electron chi connectivity index (χ0n) is 16.9. The Balaban J connectivity index is 1.75. The standard InChI is InChI=1S/C21H26N2O6S/c1-14-3-4-15(2)16(11-14)13-29-18-5-7-19(8-6-18)30(27,28)23-10-9-17(24)12-20(23)21(25)22-26/h3-8,11,17,20,24,26H,9-10,12-13H2,1-2H3,(H,22,25). The molecule has 1 aliphatic rings. The second-order valence-electron chi connectivity index (χ2n) is 7.48. The minimum atomic E-state index is -3.99. The van der Waals surface area contributed by atoms with Crippen molar-refractivity contribution in [1.29, 1.82) is 0 Å². The van der Waals surface area contributed by atoms with Gasteiger partial charge >= 0.3 is 0 Å². The van der Waals surface area contributed by atoms with Gasteiger partial charge in [0.15, 0.2) is 0 Å². The normalized spacial score (nSPS) is 20.0. The molecular formula is C21H26N2O6S. The number of hydrogen-bond acceptors (Lipinski definition) is 6. The number of rotatable bonds is 6. The van der Waals surface area contributed by atoms with Crippen LogP contribution in [0, 0.1) is 13.8 Å². The molecule has 1 fully saturated rings. The Labute approximate surface area is 176 Å². The Morgan fingerprint density at radius 3 is 2.57 bits per heavy atom. The first-order valence-corrected chi connectivity index (χ1v) is 11.1. The molecule has 30 heavy (non-hydrogen) atoms. The highest BCUT2D eigenvalue weighted by Crippen LogP contribution is 2.27. The summed E-state index contributed by atoms with van der Waals surface area (Å²) >= 11 is 0. The van der Waals surface area contributed by atoms with Crippen LogP contribution in [0.25, 0.3) is 0 Å². The summed E-state index contributed by atoms with van der Waals surface area (Å²) in [6.45, 7) is 4.35.